The summed E-state index contributed by atoms with van der Waals surface area (Å²) in [7, 11) is 0. The molecule has 0 unspecified atom stereocenters. The molecule has 2 rings (SSSR count). The fourth-order valence-electron chi connectivity index (χ4n) is 1.63. The first-order valence-electron chi connectivity index (χ1n) is 4.81. The van der Waals surface area contributed by atoms with Gasteiger partial charge in [-0.1, -0.05) is 0 Å². The average molecular weight is 194 g/mol. The summed E-state index contributed by atoms with van der Waals surface area (Å²) in [5, 5.41) is 9.43. The molecule has 1 saturated heterocycles. The van der Waals surface area contributed by atoms with Crippen LogP contribution >= 0.6 is 0 Å². The van der Waals surface area contributed by atoms with Gasteiger partial charge in [-0.15, -0.1) is 0 Å². The Labute approximate surface area is 82.1 Å². The van der Waals surface area contributed by atoms with E-state index in [0.29, 0.717) is 0 Å². The van der Waals surface area contributed by atoms with Gasteiger partial charge >= 0.3 is 0 Å². The van der Waals surface area contributed by atoms with E-state index >= 15 is 0 Å². The summed E-state index contributed by atoms with van der Waals surface area (Å²) in [5.74, 6) is 0. The number of hydrogen-bond acceptors (Lipinski definition) is 4. The zero-order valence-corrected chi connectivity index (χ0v) is 7.99. The first-order chi connectivity index (χ1) is 6.84. The molecule has 0 aliphatic carbocycles. The van der Waals surface area contributed by atoms with E-state index in [2.05, 4.69) is 20.4 Å². The number of piperazine rings is 1. The van der Waals surface area contributed by atoms with E-state index in [1.54, 1.807) is 12.3 Å². The van der Waals surface area contributed by atoms with Gasteiger partial charge < -0.3 is 5.32 Å². The summed E-state index contributed by atoms with van der Waals surface area (Å²) in [6, 6.07) is 1.61. The van der Waals surface area contributed by atoms with Crippen LogP contribution < -0.4 is 10.9 Å². The highest BCUT2D eigenvalue weighted by atomic mass is 16.1. The first-order valence-corrected chi connectivity index (χ1v) is 4.81. The van der Waals surface area contributed by atoms with Gasteiger partial charge in [-0.2, -0.15) is 5.10 Å². The summed E-state index contributed by atoms with van der Waals surface area (Å²) in [5.41, 5.74) is 0.855. The molecule has 2 N–H and O–H groups in total. The highest BCUT2D eigenvalue weighted by molar-refractivity contribution is 5.05. The summed E-state index contributed by atoms with van der Waals surface area (Å²) < 4.78 is 0. The second kappa shape index (κ2) is 4.34. The molecule has 0 saturated carbocycles. The lowest BCUT2D eigenvalue weighted by molar-refractivity contribution is 0.233. The smallest absolute Gasteiger partial charge is 0.264 e. The van der Waals surface area contributed by atoms with Gasteiger partial charge in [0.15, 0.2) is 0 Å². The minimum Gasteiger partial charge on any atom is -0.314 e. The number of hydrogen-bond donors (Lipinski definition) is 2. The molecule has 1 fully saturated rings. The first kappa shape index (κ1) is 9.36. The SMILES string of the molecule is O=c1cc(CN2CCNCC2)cn[nH]1. The third-order valence-corrected chi connectivity index (χ3v) is 2.34. The molecule has 0 spiro atoms. The Kier molecular flexibility index (Phi) is 2.90. The van der Waals surface area contributed by atoms with Crippen LogP contribution in [0.1, 0.15) is 5.56 Å². The van der Waals surface area contributed by atoms with Crippen molar-refractivity contribution >= 4 is 0 Å². The zero-order valence-electron chi connectivity index (χ0n) is 7.99. The van der Waals surface area contributed by atoms with Gasteiger partial charge in [-0.25, -0.2) is 5.10 Å². The highest BCUT2D eigenvalue weighted by Crippen LogP contribution is 2.00. The number of aromatic amines is 1. The average Bonchev–Trinajstić information content (AvgIpc) is 2.19. The fourth-order valence-corrected chi connectivity index (χ4v) is 1.63. The van der Waals surface area contributed by atoms with Gasteiger partial charge in [-0.3, -0.25) is 9.69 Å². The Hall–Kier alpha value is -1.20. The van der Waals surface area contributed by atoms with E-state index in [1.165, 1.54) is 0 Å². The molecule has 76 valence electrons. The minimum absolute atomic E-state index is 0.127. The van der Waals surface area contributed by atoms with Crippen LogP contribution in [0, 0.1) is 0 Å². The third kappa shape index (κ3) is 2.40. The normalized spacial score (nSPS) is 18.3. The van der Waals surface area contributed by atoms with E-state index in [-0.39, 0.29) is 5.56 Å². The Morgan fingerprint density at radius 2 is 2.21 bits per heavy atom. The topological polar surface area (TPSA) is 61.0 Å². The van der Waals surface area contributed by atoms with E-state index in [0.717, 1.165) is 38.3 Å². The maximum absolute atomic E-state index is 11.0. The number of aromatic nitrogens is 2. The monoisotopic (exact) mass is 194 g/mol. The summed E-state index contributed by atoms with van der Waals surface area (Å²) in [6.45, 7) is 4.94. The Morgan fingerprint density at radius 3 is 2.93 bits per heavy atom. The lowest BCUT2D eigenvalue weighted by Gasteiger charge is -2.26. The van der Waals surface area contributed by atoms with Crippen LogP contribution in [0.4, 0.5) is 0 Å². The number of nitrogens with zero attached hydrogens (tertiary/aromatic N) is 2. The van der Waals surface area contributed by atoms with Crippen LogP contribution in [-0.2, 0) is 6.54 Å². The van der Waals surface area contributed by atoms with Crippen molar-refractivity contribution in [1.82, 2.24) is 20.4 Å². The molecule has 1 aliphatic rings. The van der Waals surface area contributed by atoms with E-state index in [4.69, 9.17) is 0 Å². The molecule has 5 heteroatoms. The Bertz CT molecular complexity index is 343. The molecule has 0 atom stereocenters. The summed E-state index contributed by atoms with van der Waals surface area (Å²) in [6.07, 6.45) is 1.71. The molecule has 1 aliphatic heterocycles. The highest BCUT2D eigenvalue weighted by Gasteiger charge is 2.09. The van der Waals surface area contributed by atoms with E-state index in [1.807, 2.05) is 0 Å². The van der Waals surface area contributed by atoms with Crippen LogP contribution in [0.3, 0.4) is 0 Å². The third-order valence-electron chi connectivity index (χ3n) is 2.34. The lowest BCUT2D eigenvalue weighted by atomic mass is 10.2. The standard InChI is InChI=1S/C9H14N4O/c14-9-5-8(6-11-12-9)7-13-3-1-10-2-4-13/h5-6,10H,1-4,7H2,(H,12,14). The molecule has 2 heterocycles. The zero-order chi connectivity index (χ0) is 9.80. The van der Waals surface area contributed by atoms with E-state index < -0.39 is 0 Å². The van der Waals surface area contributed by atoms with Crippen molar-refractivity contribution in [2.45, 2.75) is 6.54 Å². The molecule has 0 radical (unpaired) electrons. The lowest BCUT2D eigenvalue weighted by Crippen LogP contribution is -2.43. The largest absolute Gasteiger partial charge is 0.314 e. The number of rotatable bonds is 2. The molecule has 1 aromatic heterocycles. The van der Waals surface area contributed by atoms with Crippen molar-refractivity contribution in [2.75, 3.05) is 26.2 Å². The van der Waals surface area contributed by atoms with Crippen molar-refractivity contribution in [1.29, 1.82) is 0 Å². The molecule has 0 bridgehead atoms. The molecule has 0 amide bonds. The molecule has 0 aromatic carbocycles. The Morgan fingerprint density at radius 1 is 1.43 bits per heavy atom. The summed E-state index contributed by atoms with van der Waals surface area (Å²) >= 11 is 0. The van der Waals surface area contributed by atoms with Crippen molar-refractivity contribution in [2.24, 2.45) is 0 Å². The van der Waals surface area contributed by atoms with Crippen LogP contribution in [0.15, 0.2) is 17.1 Å². The number of H-pyrrole nitrogens is 1. The Balaban J connectivity index is 1.99. The second-order valence-electron chi connectivity index (χ2n) is 3.48. The molecular formula is C9H14N4O. The van der Waals surface area contributed by atoms with Gasteiger partial charge in [0, 0.05) is 38.8 Å². The van der Waals surface area contributed by atoms with Gasteiger partial charge in [0.2, 0.25) is 0 Å². The van der Waals surface area contributed by atoms with Gasteiger partial charge in [0.1, 0.15) is 0 Å². The fraction of sp³-hybridized carbons (Fsp3) is 0.556. The van der Waals surface area contributed by atoms with Gasteiger partial charge in [0.25, 0.3) is 5.56 Å². The van der Waals surface area contributed by atoms with Crippen LogP contribution in [0.5, 0.6) is 0 Å². The van der Waals surface area contributed by atoms with E-state index in [9.17, 15) is 4.79 Å². The van der Waals surface area contributed by atoms with Gasteiger partial charge in [0.05, 0.1) is 6.20 Å². The predicted octanol–water partition coefficient (Wildman–Crippen LogP) is -0.825. The van der Waals surface area contributed by atoms with Crippen molar-refractivity contribution in [3.8, 4) is 0 Å². The van der Waals surface area contributed by atoms with Crippen molar-refractivity contribution < 1.29 is 0 Å². The second-order valence-corrected chi connectivity index (χ2v) is 3.48. The van der Waals surface area contributed by atoms with Crippen LogP contribution in [0.25, 0.3) is 0 Å². The van der Waals surface area contributed by atoms with Crippen LogP contribution in [-0.4, -0.2) is 41.3 Å². The molecule has 14 heavy (non-hydrogen) atoms. The quantitative estimate of drug-likeness (QED) is 0.645. The van der Waals surface area contributed by atoms with Crippen LogP contribution in [0.2, 0.25) is 0 Å². The predicted molar refractivity (Wildman–Crippen MR) is 53.0 cm³/mol. The molecule has 1 aromatic rings. The maximum Gasteiger partial charge on any atom is 0.264 e. The van der Waals surface area contributed by atoms with Crippen molar-refractivity contribution in [3.63, 3.8) is 0 Å². The summed E-state index contributed by atoms with van der Waals surface area (Å²) in [4.78, 5) is 13.3. The molecular weight excluding hydrogens is 180 g/mol. The maximum atomic E-state index is 11.0. The number of nitrogens with one attached hydrogen (secondary N) is 2. The minimum atomic E-state index is -0.127. The van der Waals surface area contributed by atoms with Gasteiger partial charge in [-0.05, 0) is 5.56 Å². The molecule has 5 nitrogen and oxygen atoms in total. The van der Waals surface area contributed by atoms with Crippen molar-refractivity contribution in [3.05, 3.63) is 28.2 Å².